The molecule has 1 aromatic rings. The average molecular weight is 202 g/mol. The number of aromatic nitrogens is 1. The number of H-pyrrole nitrogens is 1. The molecule has 0 radical (unpaired) electrons. The smallest absolute Gasteiger partial charge is 0.265 e. The largest absolute Gasteiger partial charge is 0.365 e. The maximum Gasteiger partial charge on any atom is 0.265 e. The first-order valence-corrected chi connectivity index (χ1v) is 3.75. The third-order valence-corrected chi connectivity index (χ3v) is 1.81. The summed E-state index contributed by atoms with van der Waals surface area (Å²) in [5.41, 5.74) is 2.81. The summed E-state index contributed by atoms with van der Waals surface area (Å²) in [5, 5.41) is 0. The van der Waals surface area contributed by atoms with Gasteiger partial charge in [-0.1, -0.05) is 0 Å². The van der Waals surface area contributed by atoms with Crippen LogP contribution in [0.25, 0.3) is 0 Å². The number of amides is 1. The topological polar surface area (TPSA) is 75.9 Å². The lowest BCUT2D eigenvalue weighted by Gasteiger charge is -2.07. The van der Waals surface area contributed by atoms with Gasteiger partial charge in [0.15, 0.2) is 0 Å². The number of carbonyl (C=O) groups excluding carboxylic acids is 1. The van der Waals surface area contributed by atoms with Crippen LogP contribution in [0.5, 0.6) is 0 Å². The lowest BCUT2D eigenvalue weighted by atomic mass is 10.1. The molecule has 0 fully saturated rings. The highest BCUT2D eigenvalue weighted by Gasteiger charge is 2.22. The van der Waals surface area contributed by atoms with Gasteiger partial charge in [-0.3, -0.25) is 9.59 Å². The van der Waals surface area contributed by atoms with Crippen molar-refractivity contribution >= 4 is 5.91 Å². The summed E-state index contributed by atoms with van der Waals surface area (Å²) < 4.78 is 24.9. The Labute approximate surface area is 77.7 Å². The molecule has 0 saturated carbocycles. The van der Waals surface area contributed by atoms with E-state index in [-0.39, 0.29) is 5.56 Å². The molecule has 1 rings (SSSR count). The summed E-state index contributed by atoms with van der Waals surface area (Å²) in [6.45, 7) is 1.36. The van der Waals surface area contributed by atoms with Crippen LogP contribution in [0, 0.1) is 6.92 Å². The summed E-state index contributed by atoms with van der Waals surface area (Å²) in [7, 11) is 0. The van der Waals surface area contributed by atoms with Crippen molar-refractivity contribution in [2.24, 2.45) is 5.73 Å². The van der Waals surface area contributed by atoms with Crippen LogP contribution >= 0.6 is 0 Å². The van der Waals surface area contributed by atoms with Crippen LogP contribution < -0.4 is 11.3 Å². The molecule has 0 saturated heterocycles. The Balaban J connectivity index is 3.58. The summed E-state index contributed by atoms with van der Waals surface area (Å²) in [6.07, 6.45) is -1.77. The van der Waals surface area contributed by atoms with Gasteiger partial charge in [0.2, 0.25) is 0 Å². The number of primary amides is 1. The number of alkyl halides is 2. The van der Waals surface area contributed by atoms with E-state index in [2.05, 4.69) is 4.98 Å². The number of hydrogen-bond acceptors (Lipinski definition) is 2. The van der Waals surface area contributed by atoms with Gasteiger partial charge in [-0.05, 0) is 12.5 Å². The molecular formula is C8H8F2N2O2. The van der Waals surface area contributed by atoms with Gasteiger partial charge < -0.3 is 10.7 Å². The van der Waals surface area contributed by atoms with Crippen molar-refractivity contribution in [3.63, 3.8) is 0 Å². The molecule has 3 N–H and O–H groups in total. The van der Waals surface area contributed by atoms with Crippen molar-refractivity contribution in [1.29, 1.82) is 0 Å². The van der Waals surface area contributed by atoms with Gasteiger partial charge in [0.25, 0.3) is 17.9 Å². The maximum absolute atomic E-state index is 12.5. The second-order valence-electron chi connectivity index (χ2n) is 2.75. The van der Waals surface area contributed by atoms with Crippen molar-refractivity contribution in [1.82, 2.24) is 4.98 Å². The lowest BCUT2D eigenvalue weighted by molar-refractivity contribution is 0.0983. The fourth-order valence-electron chi connectivity index (χ4n) is 1.17. The molecule has 4 nitrogen and oxygen atoms in total. The van der Waals surface area contributed by atoms with Crippen LogP contribution in [-0.2, 0) is 0 Å². The van der Waals surface area contributed by atoms with Gasteiger partial charge in [0.05, 0.1) is 0 Å². The van der Waals surface area contributed by atoms with E-state index in [1.165, 1.54) is 6.92 Å². The van der Waals surface area contributed by atoms with Gasteiger partial charge in [-0.2, -0.15) is 0 Å². The fourth-order valence-corrected chi connectivity index (χ4v) is 1.17. The maximum atomic E-state index is 12.5. The van der Waals surface area contributed by atoms with E-state index in [9.17, 15) is 18.4 Å². The zero-order chi connectivity index (χ0) is 10.9. The second-order valence-corrected chi connectivity index (χ2v) is 2.75. The summed E-state index contributed by atoms with van der Waals surface area (Å²) in [4.78, 5) is 24.0. The quantitative estimate of drug-likeness (QED) is 0.741. The molecule has 0 unspecified atom stereocenters. The Kier molecular flexibility index (Phi) is 2.64. The molecule has 0 aliphatic heterocycles. The van der Waals surface area contributed by atoms with Gasteiger partial charge >= 0.3 is 0 Å². The van der Waals surface area contributed by atoms with Crippen molar-refractivity contribution in [3.8, 4) is 0 Å². The third-order valence-electron chi connectivity index (χ3n) is 1.81. The lowest BCUT2D eigenvalue weighted by Crippen LogP contribution is -2.26. The first kappa shape index (κ1) is 10.4. The predicted octanol–water partition coefficient (Wildman–Crippen LogP) is 0.720. The van der Waals surface area contributed by atoms with Crippen LogP contribution in [0.4, 0.5) is 8.78 Å². The first-order chi connectivity index (χ1) is 6.45. The van der Waals surface area contributed by atoms with E-state index < -0.39 is 29.0 Å². The van der Waals surface area contributed by atoms with Gasteiger partial charge in [-0.15, -0.1) is 0 Å². The van der Waals surface area contributed by atoms with Crippen LogP contribution in [0.15, 0.2) is 11.0 Å². The fraction of sp³-hybridized carbons (Fsp3) is 0.250. The summed E-state index contributed by atoms with van der Waals surface area (Å²) in [6, 6.07) is 0. The number of pyridine rings is 1. The molecule has 0 atom stereocenters. The van der Waals surface area contributed by atoms with Crippen LogP contribution in [0.3, 0.4) is 0 Å². The van der Waals surface area contributed by atoms with Gasteiger partial charge in [0.1, 0.15) is 5.56 Å². The zero-order valence-electron chi connectivity index (χ0n) is 7.30. The molecule has 1 amide bonds. The molecule has 0 aliphatic rings. The molecule has 1 aromatic heterocycles. The highest BCUT2D eigenvalue weighted by atomic mass is 19.3. The Morgan fingerprint density at radius 1 is 1.57 bits per heavy atom. The van der Waals surface area contributed by atoms with Crippen molar-refractivity contribution < 1.29 is 13.6 Å². The van der Waals surface area contributed by atoms with Crippen molar-refractivity contribution in [3.05, 3.63) is 33.2 Å². The molecule has 0 aliphatic carbocycles. The zero-order valence-corrected chi connectivity index (χ0v) is 7.30. The third kappa shape index (κ3) is 1.63. The Bertz CT molecular complexity index is 426. The second kappa shape index (κ2) is 3.57. The normalized spacial score (nSPS) is 10.6. The SMILES string of the molecule is Cc1c[nH]c(=O)c(C(N)=O)c1C(F)F. The highest BCUT2D eigenvalue weighted by molar-refractivity contribution is 5.94. The number of aromatic amines is 1. The molecule has 0 aromatic carbocycles. The van der Waals surface area contributed by atoms with Crippen LogP contribution in [0.2, 0.25) is 0 Å². The minimum Gasteiger partial charge on any atom is -0.365 e. The standard InChI is InChI=1S/C8H8F2N2O2/c1-3-2-12-8(14)5(7(11)13)4(3)6(9)10/h2,6H,1H3,(H2,11,13)(H,12,14). The van der Waals surface area contributed by atoms with Crippen LogP contribution in [-0.4, -0.2) is 10.9 Å². The molecule has 0 bridgehead atoms. The van der Waals surface area contributed by atoms with E-state index in [0.717, 1.165) is 6.20 Å². The van der Waals surface area contributed by atoms with E-state index in [1.54, 1.807) is 0 Å². The summed E-state index contributed by atoms with van der Waals surface area (Å²) >= 11 is 0. The van der Waals surface area contributed by atoms with Gasteiger partial charge in [-0.25, -0.2) is 8.78 Å². The Hall–Kier alpha value is -1.72. The Morgan fingerprint density at radius 3 is 2.50 bits per heavy atom. The summed E-state index contributed by atoms with van der Waals surface area (Å²) in [5.74, 6) is -1.15. The molecule has 0 spiro atoms. The van der Waals surface area contributed by atoms with Crippen molar-refractivity contribution in [2.45, 2.75) is 13.3 Å². The van der Waals surface area contributed by atoms with E-state index in [0.29, 0.717) is 0 Å². The molecule has 1 heterocycles. The number of nitrogens with one attached hydrogen (secondary N) is 1. The number of aryl methyl sites for hydroxylation is 1. The minimum atomic E-state index is -2.89. The number of carbonyl (C=O) groups is 1. The molecule has 76 valence electrons. The number of nitrogens with two attached hydrogens (primary N) is 1. The monoisotopic (exact) mass is 202 g/mol. The minimum absolute atomic E-state index is 0.133. The van der Waals surface area contributed by atoms with E-state index in [1.807, 2.05) is 0 Å². The molecular weight excluding hydrogens is 194 g/mol. The highest BCUT2D eigenvalue weighted by Crippen LogP contribution is 2.23. The first-order valence-electron chi connectivity index (χ1n) is 3.75. The van der Waals surface area contributed by atoms with Crippen LogP contribution in [0.1, 0.15) is 27.9 Å². The molecule has 6 heteroatoms. The average Bonchev–Trinajstić information content (AvgIpc) is 2.07. The number of halogens is 2. The van der Waals surface area contributed by atoms with Crippen molar-refractivity contribution in [2.75, 3.05) is 0 Å². The number of hydrogen-bond donors (Lipinski definition) is 2. The molecule has 14 heavy (non-hydrogen) atoms. The van der Waals surface area contributed by atoms with E-state index >= 15 is 0 Å². The Morgan fingerprint density at radius 2 is 2.14 bits per heavy atom. The van der Waals surface area contributed by atoms with E-state index in [4.69, 9.17) is 5.73 Å². The number of rotatable bonds is 2. The predicted molar refractivity (Wildman–Crippen MR) is 45.3 cm³/mol. The van der Waals surface area contributed by atoms with Gasteiger partial charge in [0, 0.05) is 11.8 Å².